The molecule has 0 aliphatic rings. The van der Waals surface area contributed by atoms with Gasteiger partial charge in [0.15, 0.2) is 0 Å². The van der Waals surface area contributed by atoms with Gasteiger partial charge < -0.3 is 9.05 Å². The summed E-state index contributed by atoms with van der Waals surface area (Å²) in [5.74, 6) is 0.703. The van der Waals surface area contributed by atoms with Gasteiger partial charge in [0, 0.05) is 21.0 Å². The van der Waals surface area contributed by atoms with Crippen LogP contribution < -0.4 is 0 Å². The lowest BCUT2D eigenvalue weighted by molar-refractivity contribution is 0.0354. The van der Waals surface area contributed by atoms with Gasteiger partial charge >= 0.3 is 13.3 Å². The molecule has 0 aromatic heterocycles. The minimum atomic E-state index is -4.62. The maximum Gasteiger partial charge on any atom is 0.404 e. The van der Waals surface area contributed by atoms with Crippen LogP contribution in [0.5, 0.6) is 0 Å². The molecule has 0 amide bonds. The van der Waals surface area contributed by atoms with E-state index in [0.717, 1.165) is 18.4 Å². The van der Waals surface area contributed by atoms with Crippen LogP contribution in [0.4, 0.5) is 8.78 Å². The highest BCUT2D eigenvalue weighted by molar-refractivity contribution is 9.10. The normalized spacial score (nSPS) is 13.4. The van der Waals surface area contributed by atoms with Crippen molar-refractivity contribution in [3.8, 4) is 0 Å². The van der Waals surface area contributed by atoms with Crippen LogP contribution in [0.3, 0.4) is 0 Å². The van der Waals surface area contributed by atoms with E-state index in [4.69, 9.17) is 9.05 Å². The highest BCUT2D eigenvalue weighted by Gasteiger charge is 2.55. The van der Waals surface area contributed by atoms with E-state index in [0.29, 0.717) is 11.0 Å². The molecule has 0 aliphatic heterocycles. The molecule has 0 fully saturated rings. The molecule has 1 unspecified atom stereocenters. The van der Waals surface area contributed by atoms with Crippen LogP contribution in [0.1, 0.15) is 43.9 Å². The number of alkyl halides is 2. The minimum absolute atomic E-state index is 0.125. The van der Waals surface area contributed by atoms with Gasteiger partial charge in [-0.2, -0.15) is 20.5 Å². The topological polar surface area (TPSA) is 35.5 Å². The number of halogens is 3. The third-order valence-electron chi connectivity index (χ3n) is 4.52. The zero-order valence-electron chi connectivity index (χ0n) is 17.4. The first kappa shape index (κ1) is 25.5. The summed E-state index contributed by atoms with van der Waals surface area (Å²) in [6.07, 6.45) is 2.05. The number of aryl methyl sites for hydroxylation is 1. The molecule has 0 N–H and O–H groups in total. The molecule has 0 heterocycles. The van der Waals surface area contributed by atoms with Gasteiger partial charge in [0.05, 0.1) is 13.2 Å². The van der Waals surface area contributed by atoms with Crippen molar-refractivity contribution in [2.24, 2.45) is 0 Å². The molecule has 0 spiro atoms. The smallest absolute Gasteiger partial charge is 0.304 e. The summed E-state index contributed by atoms with van der Waals surface area (Å²) in [5.41, 5.74) is -1.90. The minimum Gasteiger partial charge on any atom is -0.304 e. The predicted molar refractivity (Wildman–Crippen MR) is 124 cm³/mol. The second-order valence-electron chi connectivity index (χ2n) is 6.83. The van der Waals surface area contributed by atoms with Gasteiger partial charge in [0.25, 0.3) is 0 Å². The molecule has 8 heteroatoms. The Hall–Kier alpha value is -0.720. The molecule has 2 aromatic carbocycles. The van der Waals surface area contributed by atoms with Crippen LogP contribution in [-0.2, 0) is 31.4 Å². The number of hydrogen-bond donors (Lipinski definition) is 0. The monoisotopic (exact) mass is 520 g/mol. The third-order valence-corrected chi connectivity index (χ3v) is 8.60. The Morgan fingerprint density at radius 1 is 1.07 bits per heavy atom. The molecule has 0 aliphatic carbocycles. The van der Waals surface area contributed by atoms with Gasteiger partial charge in [-0.05, 0) is 43.9 Å². The molecular weight excluding hydrogens is 493 g/mol. The van der Waals surface area contributed by atoms with E-state index in [1.165, 1.54) is 25.5 Å². The lowest BCUT2D eigenvalue weighted by Crippen LogP contribution is -2.19. The van der Waals surface area contributed by atoms with Crippen LogP contribution in [0.15, 0.2) is 53.0 Å². The summed E-state index contributed by atoms with van der Waals surface area (Å²) in [6.45, 7) is 4.94. The second kappa shape index (κ2) is 11.8. The Balaban J connectivity index is 2.02. The Bertz CT molecular complexity index is 842. The molecule has 0 saturated heterocycles. The van der Waals surface area contributed by atoms with Crippen molar-refractivity contribution in [3.05, 3.63) is 69.7 Å². The van der Waals surface area contributed by atoms with E-state index in [1.54, 1.807) is 23.9 Å². The van der Waals surface area contributed by atoms with E-state index in [1.807, 2.05) is 18.2 Å². The molecule has 2 aromatic rings. The fraction of sp³-hybridized carbons (Fsp3) is 0.455. The van der Waals surface area contributed by atoms with Crippen LogP contribution in [0, 0.1) is 0 Å². The van der Waals surface area contributed by atoms with Gasteiger partial charge in [-0.1, -0.05) is 65.3 Å². The summed E-state index contributed by atoms with van der Waals surface area (Å²) >= 11 is 5.00. The highest BCUT2D eigenvalue weighted by atomic mass is 79.9. The van der Waals surface area contributed by atoms with Crippen molar-refractivity contribution in [2.75, 3.05) is 13.2 Å². The standard InChI is InChI=1S/C22H28BrF2O3PS/c1-4-27-29(26,28-5-2)22(24,25)20-14-13-19(15-21(20)23)16-30-17(3)11-12-18-9-7-6-8-10-18/h6-10,13-15,17H,4-5,11-12,16H2,1-3H3. The lowest BCUT2D eigenvalue weighted by atomic mass is 10.1. The molecule has 30 heavy (non-hydrogen) atoms. The first-order valence-electron chi connectivity index (χ1n) is 9.95. The molecule has 3 nitrogen and oxygen atoms in total. The Kier molecular flexibility index (Phi) is 10.0. The number of hydrogen-bond acceptors (Lipinski definition) is 4. The number of thioether (sulfide) groups is 1. The van der Waals surface area contributed by atoms with Crippen molar-refractivity contribution in [1.82, 2.24) is 0 Å². The maximum absolute atomic E-state index is 15.0. The quantitative estimate of drug-likeness (QED) is 0.265. The molecule has 0 bridgehead atoms. The van der Waals surface area contributed by atoms with E-state index in [9.17, 15) is 13.3 Å². The average Bonchev–Trinajstić information content (AvgIpc) is 2.71. The predicted octanol–water partition coefficient (Wildman–Crippen LogP) is 8.02. The molecule has 0 saturated carbocycles. The number of rotatable bonds is 12. The van der Waals surface area contributed by atoms with Crippen LogP contribution in [-0.4, -0.2) is 18.5 Å². The highest BCUT2D eigenvalue weighted by Crippen LogP contribution is 2.67. The van der Waals surface area contributed by atoms with Crippen molar-refractivity contribution in [1.29, 1.82) is 0 Å². The van der Waals surface area contributed by atoms with Gasteiger partial charge in [0.1, 0.15) is 0 Å². The molecule has 2 rings (SSSR count). The zero-order valence-corrected chi connectivity index (χ0v) is 20.7. The Morgan fingerprint density at radius 3 is 2.27 bits per heavy atom. The molecule has 1 atom stereocenters. The van der Waals surface area contributed by atoms with E-state index < -0.39 is 18.8 Å². The Morgan fingerprint density at radius 2 is 1.70 bits per heavy atom. The molecule has 0 radical (unpaired) electrons. The molecular formula is C22H28BrF2O3PS. The van der Waals surface area contributed by atoms with Crippen molar-refractivity contribution < 1.29 is 22.4 Å². The first-order valence-corrected chi connectivity index (χ1v) is 13.3. The summed E-state index contributed by atoms with van der Waals surface area (Å²) < 4.78 is 52.6. The first-order chi connectivity index (χ1) is 14.2. The zero-order chi connectivity index (χ0) is 22.2. The van der Waals surface area contributed by atoms with Crippen molar-refractivity contribution in [3.63, 3.8) is 0 Å². The summed E-state index contributed by atoms with van der Waals surface area (Å²) in [4.78, 5) is 0. The van der Waals surface area contributed by atoms with Gasteiger partial charge in [-0.3, -0.25) is 4.57 Å². The summed E-state index contributed by atoms with van der Waals surface area (Å²) in [6, 6.07) is 14.9. The fourth-order valence-electron chi connectivity index (χ4n) is 2.92. The maximum atomic E-state index is 15.0. The Labute approximate surface area is 190 Å². The number of benzene rings is 2. The van der Waals surface area contributed by atoms with Crippen LogP contribution in [0.25, 0.3) is 0 Å². The van der Waals surface area contributed by atoms with Crippen LogP contribution >= 0.6 is 35.3 Å². The van der Waals surface area contributed by atoms with Gasteiger partial charge in [-0.25, -0.2) is 0 Å². The molecule has 166 valence electrons. The third kappa shape index (κ3) is 6.64. The second-order valence-corrected chi connectivity index (χ2v) is 11.2. The van der Waals surface area contributed by atoms with E-state index in [-0.39, 0.29) is 17.7 Å². The van der Waals surface area contributed by atoms with E-state index in [2.05, 4.69) is 35.0 Å². The van der Waals surface area contributed by atoms with Gasteiger partial charge in [-0.15, -0.1) is 0 Å². The SMILES string of the molecule is CCOP(=O)(OCC)C(F)(F)c1ccc(CSC(C)CCc2ccccc2)cc1Br. The lowest BCUT2D eigenvalue weighted by Gasteiger charge is -2.26. The summed E-state index contributed by atoms with van der Waals surface area (Å²) in [7, 11) is -4.62. The van der Waals surface area contributed by atoms with Gasteiger partial charge in [0.2, 0.25) is 0 Å². The van der Waals surface area contributed by atoms with Crippen molar-refractivity contribution >= 4 is 35.3 Å². The van der Waals surface area contributed by atoms with E-state index >= 15 is 0 Å². The fourth-order valence-corrected chi connectivity index (χ4v) is 6.25. The summed E-state index contributed by atoms with van der Waals surface area (Å²) in [5, 5.41) is 0.432. The van der Waals surface area contributed by atoms with Crippen molar-refractivity contribution in [2.45, 2.75) is 50.3 Å². The average molecular weight is 521 g/mol. The largest absolute Gasteiger partial charge is 0.404 e. The van der Waals surface area contributed by atoms with Crippen LogP contribution in [0.2, 0.25) is 0 Å².